The standard InChI is InChI=1S/C27H29N3O4/c1-2-23(27(32)33)34-24-15-20-22(14-18(24)10-7-13-28)30(16-17-8-4-3-5-9-17)21-12-6-11-19(25(20)21)26(29)31/h3-5,8-9,14-15,19,23H,2,6-7,10-12,16H2,1H3,(H2,29,31)(H,32,33). The number of rotatable bonds is 9. The first-order chi connectivity index (χ1) is 16.4. The molecule has 1 aliphatic rings. The van der Waals surface area contributed by atoms with E-state index in [2.05, 4.69) is 22.8 Å². The van der Waals surface area contributed by atoms with Crippen molar-refractivity contribution in [2.45, 2.75) is 64.0 Å². The zero-order chi connectivity index (χ0) is 24.2. The number of aliphatic carboxylic acids is 1. The molecule has 3 N–H and O–H groups in total. The molecule has 176 valence electrons. The molecule has 1 aliphatic carbocycles. The number of aromatic nitrogens is 1. The highest BCUT2D eigenvalue weighted by atomic mass is 16.5. The fourth-order valence-corrected chi connectivity index (χ4v) is 4.96. The number of carbonyl (C=O) groups excluding carboxylic acids is 1. The van der Waals surface area contributed by atoms with Gasteiger partial charge < -0.3 is 20.1 Å². The predicted molar refractivity (Wildman–Crippen MR) is 129 cm³/mol. The van der Waals surface area contributed by atoms with Crippen LogP contribution in [-0.4, -0.2) is 27.7 Å². The van der Waals surface area contributed by atoms with Crippen LogP contribution in [0.1, 0.15) is 60.9 Å². The Hall–Kier alpha value is -3.79. The summed E-state index contributed by atoms with van der Waals surface area (Å²) >= 11 is 0. The molecule has 4 rings (SSSR count). The first-order valence-electron chi connectivity index (χ1n) is 11.7. The molecule has 0 bridgehead atoms. The van der Waals surface area contributed by atoms with Crippen LogP contribution in [0.4, 0.5) is 0 Å². The van der Waals surface area contributed by atoms with Gasteiger partial charge in [-0.2, -0.15) is 5.26 Å². The maximum Gasteiger partial charge on any atom is 0.344 e. The molecule has 2 unspecified atom stereocenters. The SMILES string of the molecule is CCC(Oc1cc2c3c(n(Cc4ccccc4)c2cc1CCC#N)CCCC3C(N)=O)C(=O)O. The van der Waals surface area contributed by atoms with Crippen LogP contribution < -0.4 is 10.5 Å². The summed E-state index contributed by atoms with van der Waals surface area (Å²) in [4.78, 5) is 24.1. The third-order valence-electron chi connectivity index (χ3n) is 6.60. The molecule has 0 saturated carbocycles. The molecule has 0 aliphatic heterocycles. The van der Waals surface area contributed by atoms with Crippen molar-refractivity contribution in [1.82, 2.24) is 4.57 Å². The average Bonchev–Trinajstić information content (AvgIpc) is 3.13. The number of primary amides is 1. The van der Waals surface area contributed by atoms with Crippen LogP contribution >= 0.6 is 0 Å². The molecule has 2 atom stereocenters. The Morgan fingerprint density at radius 3 is 2.71 bits per heavy atom. The molecule has 34 heavy (non-hydrogen) atoms. The van der Waals surface area contributed by atoms with E-state index in [0.717, 1.165) is 46.1 Å². The molecular formula is C27H29N3O4. The van der Waals surface area contributed by atoms with E-state index in [1.807, 2.05) is 30.3 Å². The molecule has 1 heterocycles. The number of fused-ring (bicyclic) bond motifs is 3. The van der Waals surface area contributed by atoms with E-state index >= 15 is 0 Å². The second kappa shape index (κ2) is 10.0. The summed E-state index contributed by atoms with van der Waals surface area (Å²) in [5.74, 6) is -1.34. The lowest BCUT2D eigenvalue weighted by Crippen LogP contribution is -2.26. The van der Waals surface area contributed by atoms with Crippen LogP contribution in [0.5, 0.6) is 5.75 Å². The second-order valence-corrected chi connectivity index (χ2v) is 8.77. The number of ether oxygens (including phenoxy) is 1. The highest BCUT2D eigenvalue weighted by Gasteiger charge is 2.32. The van der Waals surface area contributed by atoms with E-state index in [1.54, 1.807) is 6.92 Å². The lowest BCUT2D eigenvalue weighted by Gasteiger charge is -2.22. The lowest BCUT2D eigenvalue weighted by molar-refractivity contribution is -0.145. The van der Waals surface area contributed by atoms with Crippen LogP contribution in [0.3, 0.4) is 0 Å². The number of carboxylic acids is 1. The average molecular weight is 460 g/mol. The largest absolute Gasteiger partial charge is 0.479 e. The third-order valence-corrected chi connectivity index (χ3v) is 6.60. The van der Waals surface area contributed by atoms with Crippen LogP contribution in [0.15, 0.2) is 42.5 Å². The third kappa shape index (κ3) is 4.49. The fraction of sp³-hybridized carbons (Fsp3) is 0.370. The molecule has 1 aromatic heterocycles. The van der Waals surface area contributed by atoms with Crippen molar-refractivity contribution in [2.24, 2.45) is 5.73 Å². The van der Waals surface area contributed by atoms with E-state index in [9.17, 15) is 20.0 Å². The van der Waals surface area contributed by atoms with Gasteiger partial charge in [0.2, 0.25) is 5.91 Å². The number of nitrogens with two attached hydrogens (primary N) is 1. The molecule has 7 heteroatoms. The van der Waals surface area contributed by atoms with Crippen molar-refractivity contribution in [3.63, 3.8) is 0 Å². The topological polar surface area (TPSA) is 118 Å². The molecule has 0 radical (unpaired) electrons. The second-order valence-electron chi connectivity index (χ2n) is 8.77. The van der Waals surface area contributed by atoms with Crippen LogP contribution in [0.25, 0.3) is 10.9 Å². The first-order valence-corrected chi connectivity index (χ1v) is 11.7. The van der Waals surface area contributed by atoms with Crippen LogP contribution in [-0.2, 0) is 29.0 Å². The first kappa shape index (κ1) is 23.4. The van der Waals surface area contributed by atoms with Gasteiger partial charge in [0.25, 0.3) is 0 Å². The van der Waals surface area contributed by atoms with Crippen molar-refractivity contribution in [1.29, 1.82) is 5.26 Å². The van der Waals surface area contributed by atoms with Gasteiger partial charge in [0.15, 0.2) is 6.10 Å². The molecule has 1 amide bonds. The van der Waals surface area contributed by atoms with E-state index in [1.165, 1.54) is 0 Å². The van der Waals surface area contributed by atoms with E-state index in [-0.39, 0.29) is 12.3 Å². The van der Waals surface area contributed by atoms with Crippen molar-refractivity contribution >= 4 is 22.8 Å². The summed E-state index contributed by atoms with van der Waals surface area (Å²) in [5, 5.41) is 19.6. The summed E-state index contributed by atoms with van der Waals surface area (Å²) in [7, 11) is 0. The number of benzene rings is 2. The van der Waals surface area contributed by atoms with Crippen LogP contribution in [0, 0.1) is 11.3 Å². The number of carboxylic acid groups (broad SMARTS) is 1. The molecule has 0 fully saturated rings. The Bertz CT molecular complexity index is 1260. The van der Waals surface area contributed by atoms with Crippen molar-refractivity contribution in [3.05, 3.63) is 64.8 Å². The fourth-order valence-electron chi connectivity index (χ4n) is 4.96. The zero-order valence-corrected chi connectivity index (χ0v) is 19.3. The number of hydrogen-bond donors (Lipinski definition) is 2. The quantitative estimate of drug-likeness (QED) is 0.495. The number of hydrogen-bond acceptors (Lipinski definition) is 4. The normalized spacial score (nSPS) is 15.9. The minimum absolute atomic E-state index is 0.286. The van der Waals surface area contributed by atoms with Gasteiger partial charge in [-0.3, -0.25) is 4.79 Å². The Morgan fingerprint density at radius 1 is 1.29 bits per heavy atom. The predicted octanol–water partition coefficient (Wildman–Crippen LogP) is 4.29. The Kier molecular flexibility index (Phi) is 6.87. The lowest BCUT2D eigenvalue weighted by atomic mass is 9.84. The van der Waals surface area contributed by atoms with Gasteiger partial charge in [-0.25, -0.2) is 4.79 Å². The summed E-state index contributed by atoms with van der Waals surface area (Å²) in [6, 6.07) is 16.1. The van der Waals surface area contributed by atoms with Crippen LogP contribution in [0.2, 0.25) is 0 Å². The Balaban J connectivity index is 1.95. The van der Waals surface area contributed by atoms with Gasteiger partial charge in [0.05, 0.1) is 12.0 Å². The number of nitriles is 1. The molecular weight excluding hydrogens is 430 g/mol. The smallest absolute Gasteiger partial charge is 0.344 e. The van der Waals surface area contributed by atoms with Crippen molar-refractivity contribution in [3.8, 4) is 11.8 Å². The number of aryl methyl sites for hydroxylation is 1. The Labute approximate surface area is 198 Å². The molecule has 2 aromatic carbocycles. The molecule has 7 nitrogen and oxygen atoms in total. The summed E-state index contributed by atoms with van der Waals surface area (Å²) in [6.45, 7) is 2.40. The number of nitrogens with zero attached hydrogens (tertiary/aromatic N) is 2. The minimum Gasteiger partial charge on any atom is -0.479 e. The summed E-state index contributed by atoms with van der Waals surface area (Å²) in [6.07, 6.45) is 2.43. The van der Waals surface area contributed by atoms with E-state index in [0.29, 0.717) is 31.6 Å². The molecule has 0 saturated heterocycles. The van der Waals surface area contributed by atoms with Gasteiger partial charge >= 0.3 is 5.97 Å². The highest BCUT2D eigenvalue weighted by Crippen LogP contribution is 2.42. The van der Waals surface area contributed by atoms with E-state index in [4.69, 9.17) is 10.5 Å². The maximum atomic E-state index is 12.4. The minimum atomic E-state index is -1.03. The Morgan fingerprint density at radius 2 is 2.06 bits per heavy atom. The molecule has 0 spiro atoms. The van der Waals surface area contributed by atoms with Crippen molar-refractivity contribution < 1.29 is 19.4 Å². The van der Waals surface area contributed by atoms with E-state index < -0.39 is 18.0 Å². The summed E-state index contributed by atoms with van der Waals surface area (Å²) < 4.78 is 8.18. The monoisotopic (exact) mass is 459 g/mol. The maximum absolute atomic E-state index is 12.4. The van der Waals surface area contributed by atoms with Gasteiger partial charge in [-0.05, 0) is 60.9 Å². The number of carbonyl (C=O) groups is 2. The van der Waals surface area contributed by atoms with Crippen molar-refractivity contribution in [2.75, 3.05) is 0 Å². The summed E-state index contributed by atoms with van der Waals surface area (Å²) in [5.41, 5.74) is 10.7. The number of amides is 1. The highest BCUT2D eigenvalue weighted by molar-refractivity contribution is 5.95. The van der Waals surface area contributed by atoms with Gasteiger partial charge in [-0.1, -0.05) is 37.3 Å². The zero-order valence-electron chi connectivity index (χ0n) is 19.3. The van der Waals surface area contributed by atoms with Gasteiger partial charge in [-0.15, -0.1) is 0 Å². The van der Waals surface area contributed by atoms with Gasteiger partial charge in [0, 0.05) is 29.6 Å². The molecule has 3 aromatic rings. The van der Waals surface area contributed by atoms with Gasteiger partial charge in [0.1, 0.15) is 5.75 Å².